The van der Waals surface area contributed by atoms with Gasteiger partial charge in [-0.1, -0.05) is 11.6 Å². The largest absolute Gasteiger partial charge is 0.489 e. The Labute approximate surface area is 221 Å². The predicted molar refractivity (Wildman–Crippen MR) is 145 cm³/mol. The molecule has 0 radical (unpaired) electrons. The molecule has 0 bridgehead atoms. The number of rotatable bonds is 8. The van der Waals surface area contributed by atoms with E-state index >= 15 is 0 Å². The summed E-state index contributed by atoms with van der Waals surface area (Å²) in [6.45, 7) is 5.38. The van der Waals surface area contributed by atoms with E-state index in [9.17, 15) is 5.11 Å². The first-order valence-corrected chi connectivity index (χ1v) is 12.7. The van der Waals surface area contributed by atoms with Gasteiger partial charge in [-0.2, -0.15) is 5.10 Å². The highest BCUT2D eigenvalue weighted by Crippen LogP contribution is 2.34. The maximum Gasteiger partial charge on any atom is 0.213 e. The summed E-state index contributed by atoms with van der Waals surface area (Å²) in [6.07, 6.45) is 9.05. The number of hydrogen-bond acceptors (Lipinski definition) is 8. The van der Waals surface area contributed by atoms with E-state index in [-0.39, 0.29) is 6.61 Å². The fraction of sp³-hybridized carbons (Fsp3) is 0.370. The van der Waals surface area contributed by atoms with Gasteiger partial charge in [0.15, 0.2) is 0 Å². The maximum atomic E-state index is 10.1. The summed E-state index contributed by atoms with van der Waals surface area (Å²) in [7, 11) is 1.62. The Balaban J connectivity index is 1.28. The van der Waals surface area contributed by atoms with Crippen LogP contribution in [0.3, 0.4) is 0 Å². The normalized spacial score (nSPS) is 14.7. The molecule has 0 aromatic carbocycles. The molecule has 0 saturated carbocycles. The lowest BCUT2D eigenvalue weighted by atomic mass is 10.0. The number of nitrogens with one attached hydrogen (secondary N) is 1. The number of methoxy groups -OCH3 is 1. The van der Waals surface area contributed by atoms with Crippen molar-refractivity contribution in [1.82, 2.24) is 19.6 Å². The number of nitrogens with zero attached hydrogens (tertiary/aromatic N) is 5. The van der Waals surface area contributed by atoms with E-state index in [1.54, 1.807) is 44.1 Å². The number of fused-ring (bicyclic) bond motifs is 1. The fourth-order valence-electron chi connectivity index (χ4n) is 4.43. The van der Waals surface area contributed by atoms with Gasteiger partial charge < -0.3 is 24.8 Å². The Hall–Kier alpha value is -3.56. The van der Waals surface area contributed by atoms with Crippen LogP contribution in [0.2, 0.25) is 5.02 Å². The molecule has 2 N–H and O–H groups in total. The van der Waals surface area contributed by atoms with Crippen molar-refractivity contribution >= 4 is 28.6 Å². The van der Waals surface area contributed by atoms with E-state index < -0.39 is 5.60 Å². The van der Waals surface area contributed by atoms with Crippen molar-refractivity contribution in [2.45, 2.75) is 38.3 Å². The molecule has 9 nitrogen and oxygen atoms in total. The van der Waals surface area contributed by atoms with Crippen LogP contribution in [-0.2, 0) is 0 Å². The molecule has 37 heavy (non-hydrogen) atoms. The van der Waals surface area contributed by atoms with Crippen LogP contribution in [0.1, 0.15) is 26.7 Å². The molecule has 4 aromatic heterocycles. The van der Waals surface area contributed by atoms with Gasteiger partial charge in [0.2, 0.25) is 5.88 Å². The Morgan fingerprint density at radius 1 is 1.11 bits per heavy atom. The van der Waals surface area contributed by atoms with Gasteiger partial charge >= 0.3 is 0 Å². The molecule has 1 fully saturated rings. The molecule has 1 saturated heterocycles. The quantitative estimate of drug-likeness (QED) is 0.344. The number of hydrogen-bond donors (Lipinski definition) is 2. The van der Waals surface area contributed by atoms with Crippen LogP contribution in [-0.4, -0.2) is 63.1 Å². The molecular weight excluding hydrogens is 492 g/mol. The molecule has 0 spiro atoms. The van der Waals surface area contributed by atoms with Crippen LogP contribution >= 0.6 is 11.6 Å². The monoisotopic (exact) mass is 522 g/mol. The minimum atomic E-state index is -0.950. The van der Waals surface area contributed by atoms with Crippen molar-refractivity contribution in [3.05, 3.63) is 60.1 Å². The van der Waals surface area contributed by atoms with Crippen LogP contribution in [0, 0.1) is 0 Å². The second-order valence-corrected chi connectivity index (χ2v) is 10.3. The summed E-state index contributed by atoms with van der Waals surface area (Å²) in [4.78, 5) is 11.3. The lowest BCUT2D eigenvalue weighted by Gasteiger charge is -2.33. The topological polar surface area (TPSA) is 97.0 Å². The highest BCUT2D eigenvalue weighted by Gasteiger charge is 2.21. The third-order valence-electron chi connectivity index (χ3n) is 6.33. The van der Waals surface area contributed by atoms with E-state index in [1.165, 1.54) is 0 Å². The highest BCUT2D eigenvalue weighted by atomic mass is 35.5. The smallest absolute Gasteiger partial charge is 0.213 e. The zero-order valence-electron chi connectivity index (χ0n) is 21.2. The Kier molecular flexibility index (Phi) is 7.08. The number of aromatic nitrogens is 4. The number of piperidine rings is 1. The molecule has 0 atom stereocenters. The zero-order valence-corrected chi connectivity index (χ0v) is 21.9. The zero-order chi connectivity index (χ0) is 26.0. The number of ether oxygens (including phenoxy) is 2. The van der Waals surface area contributed by atoms with Gasteiger partial charge in [0.25, 0.3) is 0 Å². The number of pyridine rings is 3. The molecule has 1 aliphatic heterocycles. The number of halogens is 1. The summed E-state index contributed by atoms with van der Waals surface area (Å²) < 4.78 is 12.7. The Bertz CT molecular complexity index is 1340. The molecule has 194 valence electrons. The van der Waals surface area contributed by atoms with E-state index in [1.807, 2.05) is 36.5 Å². The van der Waals surface area contributed by atoms with Crippen LogP contribution in [0.4, 0.5) is 11.5 Å². The number of anilines is 2. The van der Waals surface area contributed by atoms with E-state index in [0.717, 1.165) is 54.1 Å². The van der Waals surface area contributed by atoms with Gasteiger partial charge in [0.1, 0.15) is 18.2 Å². The van der Waals surface area contributed by atoms with Gasteiger partial charge in [-0.15, -0.1) is 0 Å². The third-order valence-corrected chi connectivity index (χ3v) is 6.60. The van der Waals surface area contributed by atoms with Crippen molar-refractivity contribution in [3.8, 4) is 22.8 Å². The minimum Gasteiger partial charge on any atom is -0.489 e. The van der Waals surface area contributed by atoms with Crippen molar-refractivity contribution in [2.24, 2.45) is 0 Å². The van der Waals surface area contributed by atoms with Crippen LogP contribution in [0.25, 0.3) is 16.6 Å². The van der Waals surface area contributed by atoms with Gasteiger partial charge in [-0.05, 0) is 51.0 Å². The molecular formula is C27H31ClN6O3. The molecule has 5 heterocycles. The highest BCUT2D eigenvalue weighted by molar-refractivity contribution is 6.34. The maximum absolute atomic E-state index is 10.1. The van der Waals surface area contributed by atoms with Gasteiger partial charge in [0, 0.05) is 42.5 Å². The molecule has 0 aliphatic carbocycles. The molecule has 0 amide bonds. The Morgan fingerprint density at radius 2 is 1.92 bits per heavy atom. The van der Waals surface area contributed by atoms with Crippen molar-refractivity contribution < 1.29 is 14.6 Å². The fourth-order valence-corrected chi connectivity index (χ4v) is 4.66. The lowest BCUT2D eigenvalue weighted by Crippen LogP contribution is -2.39. The second-order valence-electron chi connectivity index (χ2n) is 9.88. The molecule has 10 heteroatoms. The second kappa shape index (κ2) is 10.4. The summed E-state index contributed by atoms with van der Waals surface area (Å²) >= 11 is 6.46. The van der Waals surface area contributed by atoms with Crippen molar-refractivity contribution in [3.63, 3.8) is 0 Å². The first kappa shape index (κ1) is 25.1. The average molecular weight is 523 g/mol. The minimum absolute atomic E-state index is 0.157. The summed E-state index contributed by atoms with van der Waals surface area (Å²) in [6, 6.07) is 10.2. The van der Waals surface area contributed by atoms with E-state index in [2.05, 4.69) is 20.3 Å². The molecule has 1 aliphatic rings. The third kappa shape index (κ3) is 5.89. The van der Waals surface area contributed by atoms with Gasteiger partial charge in [0.05, 0.1) is 47.5 Å². The summed E-state index contributed by atoms with van der Waals surface area (Å²) in [5, 5.41) is 18.5. The lowest BCUT2D eigenvalue weighted by molar-refractivity contribution is 0.0283. The molecule has 5 rings (SSSR count). The molecule has 0 unspecified atom stereocenters. The molecule has 4 aromatic rings. The Morgan fingerprint density at radius 3 is 2.57 bits per heavy atom. The standard InChI is InChI=1S/C27H31ClN6O3/c1-27(2,35)17-37-21-12-22(26-23(28)15-31-34(26)16-21)18-4-6-24(29-13-18)33-10-8-19(9-11-33)32-20-5-7-25(36-3)30-14-20/h4-7,12-16,19,32,35H,8-11,17H2,1-3H3. The first-order chi connectivity index (χ1) is 17.8. The predicted octanol–water partition coefficient (Wildman–Crippen LogP) is 4.68. The van der Waals surface area contributed by atoms with Crippen molar-refractivity contribution in [1.29, 1.82) is 0 Å². The van der Waals surface area contributed by atoms with Crippen LogP contribution in [0.5, 0.6) is 11.6 Å². The van der Waals surface area contributed by atoms with Crippen molar-refractivity contribution in [2.75, 3.05) is 37.0 Å². The van der Waals surface area contributed by atoms with Gasteiger partial charge in [-0.25, -0.2) is 14.5 Å². The average Bonchev–Trinajstić information content (AvgIpc) is 3.28. The van der Waals surface area contributed by atoms with E-state index in [4.69, 9.17) is 26.1 Å². The van der Waals surface area contributed by atoms with Crippen LogP contribution in [0.15, 0.2) is 55.1 Å². The van der Waals surface area contributed by atoms with Crippen LogP contribution < -0.4 is 19.7 Å². The summed E-state index contributed by atoms with van der Waals surface area (Å²) in [5.41, 5.74) is 2.61. The number of aliphatic hydroxyl groups is 1. The van der Waals surface area contributed by atoms with E-state index in [0.29, 0.717) is 22.7 Å². The SMILES string of the molecule is COc1ccc(NC2CCN(c3ccc(-c4cc(OCC(C)(C)O)cn5ncc(Cl)c45)cn3)CC2)cn1. The summed E-state index contributed by atoms with van der Waals surface area (Å²) in [5.74, 6) is 2.15. The van der Waals surface area contributed by atoms with Gasteiger partial charge in [-0.3, -0.25) is 0 Å². The first-order valence-electron chi connectivity index (χ1n) is 12.3.